The lowest BCUT2D eigenvalue weighted by molar-refractivity contribution is -0.122. The number of hydrogen-bond acceptors (Lipinski definition) is 7. The molecule has 1 saturated carbocycles. The van der Waals surface area contributed by atoms with Crippen molar-refractivity contribution < 1.29 is 33.4 Å². The van der Waals surface area contributed by atoms with Crippen molar-refractivity contribution in [3.63, 3.8) is 0 Å². The summed E-state index contributed by atoms with van der Waals surface area (Å²) in [5.74, 6) is -2.43. The molecule has 37 heavy (non-hydrogen) atoms. The van der Waals surface area contributed by atoms with Crippen molar-refractivity contribution in [1.29, 1.82) is 0 Å². The summed E-state index contributed by atoms with van der Waals surface area (Å²) in [5.41, 5.74) is 1.25. The van der Waals surface area contributed by atoms with Crippen LogP contribution in [0.25, 0.3) is 0 Å². The predicted octanol–water partition coefficient (Wildman–Crippen LogP) is 3.97. The number of nitrogens with zero attached hydrogens (tertiary/aromatic N) is 1. The minimum absolute atomic E-state index is 0.129. The third-order valence-corrected chi connectivity index (χ3v) is 6.70. The van der Waals surface area contributed by atoms with Crippen LogP contribution in [0.4, 0.5) is 11.4 Å². The van der Waals surface area contributed by atoms with E-state index in [2.05, 4.69) is 12.2 Å². The van der Waals surface area contributed by atoms with Gasteiger partial charge in [-0.2, -0.15) is 0 Å². The van der Waals surface area contributed by atoms with Crippen molar-refractivity contribution in [3.05, 3.63) is 59.7 Å². The van der Waals surface area contributed by atoms with Crippen LogP contribution in [0.5, 0.6) is 0 Å². The fourth-order valence-electron chi connectivity index (χ4n) is 4.80. The minimum atomic E-state index is -0.754. The average molecular weight is 507 g/mol. The fourth-order valence-corrected chi connectivity index (χ4v) is 4.80. The lowest BCUT2D eigenvalue weighted by Gasteiger charge is -2.25. The molecule has 1 saturated heterocycles. The number of carbonyl (C=O) groups excluding carboxylic acids is 5. The standard InChI is InChI=1S/C28H30N2O7/c1-3-13-36-27(34)18-8-10-20(11-9-18)29-24(31)16-37-28(35)19-5-4-6-21(15-19)30-25(32)22-12-7-17(2)14-23(22)26(30)33/h4-6,8-11,15,17,22-23H,3,7,12-14,16H2,1-2H3,(H,29,31)/t17-,22-,23-/m1/s1. The second-order valence-corrected chi connectivity index (χ2v) is 9.53. The third-order valence-electron chi connectivity index (χ3n) is 6.70. The average Bonchev–Trinajstić information content (AvgIpc) is 3.15. The topological polar surface area (TPSA) is 119 Å². The Kier molecular flexibility index (Phi) is 8.01. The van der Waals surface area contributed by atoms with Crippen molar-refractivity contribution in [2.75, 3.05) is 23.4 Å². The molecule has 4 rings (SSSR count). The SMILES string of the molecule is CCCOC(=O)c1ccc(NC(=O)COC(=O)c2cccc(N3C(=O)[C@@H]4CC[C@@H](C)C[C@H]4C3=O)c2)cc1. The second kappa shape index (κ2) is 11.4. The molecule has 0 unspecified atom stereocenters. The van der Waals surface area contributed by atoms with Crippen LogP contribution in [0.15, 0.2) is 48.5 Å². The summed E-state index contributed by atoms with van der Waals surface area (Å²) in [6, 6.07) is 12.3. The summed E-state index contributed by atoms with van der Waals surface area (Å²) in [6.07, 6.45) is 3.01. The highest BCUT2D eigenvalue weighted by molar-refractivity contribution is 6.22. The maximum absolute atomic E-state index is 13.0. The molecule has 0 bridgehead atoms. The highest BCUT2D eigenvalue weighted by Gasteiger charge is 2.50. The second-order valence-electron chi connectivity index (χ2n) is 9.53. The Morgan fingerprint density at radius 1 is 0.919 bits per heavy atom. The van der Waals surface area contributed by atoms with Crippen LogP contribution in [0, 0.1) is 17.8 Å². The van der Waals surface area contributed by atoms with Gasteiger partial charge in [0, 0.05) is 5.69 Å². The number of imide groups is 1. The first-order valence-electron chi connectivity index (χ1n) is 12.5. The van der Waals surface area contributed by atoms with Crippen LogP contribution in [0.2, 0.25) is 0 Å². The lowest BCUT2D eigenvalue weighted by atomic mass is 9.76. The molecule has 0 radical (unpaired) electrons. The van der Waals surface area contributed by atoms with Crippen LogP contribution in [-0.2, 0) is 23.9 Å². The van der Waals surface area contributed by atoms with Gasteiger partial charge in [0.25, 0.3) is 5.91 Å². The highest BCUT2D eigenvalue weighted by Crippen LogP contribution is 2.42. The van der Waals surface area contributed by atoms with Gasteiger partial charge in [-0.25, -0.2) is 9.59 Å². The first-order valence-corrected chi connectivity index (χ1v) is 12.5. The van der Waals surface area contributed by atoms with Gasteiger partial charge in [0.1, 0.15) is 0 Å². The monoisotopic (exact) mass is 506 g/mol. The number of nitrogens with one attached hydrogen (secondary N) is 1. The Morgan fingerprint density at radius 3 is 2.35 bits per heavy atom. The number of esters is 2. The van der Waals surface area contributed by atoms with Gasteiger partial charge in [-0.15, -0.1) is 0 Å². The van der Waals surface area contributed by atoms with Crippen LogP contribution in [0.3, 0.4) is 0 Å². The summed E-state index contributed by atoms with van der Waals surface area (Å²) < 4.78 is 10.2. The van der Waals surface area contributed by atoms with E-state index < -0.39 is 24.5 Å². The molecule has 9 nitrogen and oxygen atoms in total. The van der Waals surface area contributed by atoms with E-state index in [0.29, 0.717) is 42.3 Å². The van der Waals surface area contributed by atoms with E-state index in [1.165, 1.54) is 29.2 Å². The van der Waals surface area contributed by atoms with Gasteiger partial charge in [0.15, 0.2) is 6.61 Å². The van der Waals surface area contributed by atoms with Crippen molar-refractivity contribution in [3.8, 4) is 0 Å². The van der Waals surface area contributed by atoms with E-state index in [-0.39, 0.29) is 29.2 Å². The van der Waals surface area contributed by atoms with E-state index in [4.69, 9.17) is 9.47 Å². The van der Waals surface area contributed by atoms with Crippen LogP contribution >= 0.6 is 0 Å². The molecule has 2 fully saturated rings. The number of rotatable bonds is 8. The molecule has 1 heterocycles. The Hall–Kier alpha value is -4.01. The molecule has 1 N–H and O–H groups in total. The summed E-state index contributed by atoms with van der Waals surface area (Å²) in [5, 5.41) is 2.59. The van der Waals surface area contributed by atoms with E-state index in [1.54, 1.807) is 24.3 Å². The van der Waals surface area contributed by atoms with Crippen molar-refractivity contribution in [2.24, 2.45) is 17.8 Å². The van der Waals surface area contributed by atoms with E-state index in [1.807, 2.05) is 6.92 Å². The van der Waals surface area contributed by atoms with Crippen LogP contribution in [0.1, 0.15) is 60.2 Å². The number of anilines is 2. The number of hydrogen-bond donors (Lipinski definition) is 1. The highest BCUT2D eigenvalue weighted by atomic mass is 16.5. The maximum atomic E-state index is 13.0. The molecule has 3 amide bonds. The van der Waals surface area contributed by atoms with Crippen LogP contribution < -0.4 is 10.2 Å². The van der Waals surface area contributed by atoms with Gasteiger partial charge >= 0.3 is 11.9 Å². The van der Waals surface area contributed by atoms with E-state index in [9.17, 15) is 24.0 Å². The van der Waals surface area contributed by atoms with Crippen molar-refractivity contribution >= 4 is 41.0 Å². The largest absolute Gasteiger partial charge is 0.462 e. The minimum Gasteiger partial charge on any atom is -0.462 e. The zero-order valence-electron chi connectivity index (χ0n) is 20.9. The molecule has 2 aliphatic rings. The van der Waals surface area contributed by atoms with E-state index in [0.717, 1.165) is 12.8 Å². The zero-order valence-corrected chi connectivity index (χ0v) is 20.9. The van der Waals surface area contributed by atoms with Gasteiger partial charge in [0.2, 0.25) is 11.8 Å². The molecule has 9 heteroatoms. The number of fused-ring (bicyclic) bond motifs is 1. The molecular weight excluding hydrogens is 476 g/mol. The number of ether oxygens (including phenoxy) is 2. The Morgan fingerprint density at radius 2 is 1.62 bits per heavy atom. The summed E-state index contributed by atoms with van der Waals surface area (Å²) in [7, 11) is 0. The van der Waals surface area contributed by atoms with Gasteiger partial charge in [-0.05, 0) is 74.1 Å². The normalized spacial score (nSPS) is 20.8. The lowest BCUT2D eigenvalue weighted by Crippen LogP contribution is -2.31. The Balaban J connectivity index is 1.33. The van der Waals surface area contributed by atoms with E-state index >= 15 is 0 Å². The summed E-state index contributed by atoms with van der Waals surface area (Å²) in [4.78, 5) is 63.8. The first kappa shape index (κ1) is 26.1. The maximum Gasteiger partial charge on any atom is 0.338 e. The molecule has 0 aromatic heterocycles. The van der Waals surface area contributed by atoms with Gasteiger partial charge in [-0.1, -0.05) is 19.9 Å². The summed E-state index contributed by atoms with van der Waals surface area (Å²) >= 11 is 0. The Labute approximate surface area is 215 Å². The molecule has 194 valence electrons. The molecule has 2 aromatic rings. The molecule has 1 aliphatic carbocycles. The third kappa shape index (κ3) is 5.87. The van der Waals surface area contributed by atoms with Crippen molar-refractivity contribution in [1.82, 2.24) is 0 Å². The quantitative estimate of drug-likeness (QED) is 0.425. The number of amides is 3. The number of carbonyl (C=O) groups is 5. The fraction of sp³-hybridized carbons (Fsp3) is 0.393. The summed E-state index contributed by atoms with van der Waals surface area (Å²) in [6.45, 7) is 3.78. The van der Waals surface area contributed by atoms with Crippen molar-refractivity contribution in [2.45, 2.75) is 39.5 Å². The van der Waals surface area contributed by atoms with Gasteiger partial charge in [0.05, 0.1) is 35.3 Å². The molecule has 1 aliphatic heterocycles. The molecular formula is C28H30N2O7. The zero-order chi connectivity index (χ0) is 26.5. The van der Waals surface area contributed by atoms with Gasteiger partial charge < -0.3 is 14.8 Å². The Bertz CT molecular complexity index is 1210. The molecule has 2 aromatic carbocycles. The van der Waals surface area contributed by atoms with Crippen LogP contribution in [-0.4, -0.2) is 42.9 Å². The predicted molar refractivity (Wildman–Crippen MR) is 135 cm³/mol. The molecule has 3 atom stereocenters. The smallest absolute Gasteiger partial charge is 0.338 e. The first-order chi connectivity index (χ1) is 17.8. The number of benzene rings is 2. The molecule has 0 spiro atoms. The van der Waals surface area contributed by atoms with Gasteiger partial charge in [-0.3, -0.25) is 19.3 Å².